The zero-order valence-electron chi connectivity index (χ0n) is 20.0. The Balaban J connectivity index is 0.000000569. The highest BCUT2D eigenvalue weighted by Crippen LogP contribution is 2.56. The number of alkyl halides is 1. The van der Waals surface area contributed by atoms with Crippen LogP contribution in [0.4, 0.5) is 10.1 Å². The van der Waals surface area contributed by atoms with Crippen molar-refractivity contribution < 1.29 is 15.3 Å². The summed E-state index contributed by atoms with van der Waals surface area (Å²) in [6, 6.07) is 4.86. The van der Waals surface area contributed by atoms with E-state index in [-0.39, 0.29) is 24.3 Å². The molecule has 0 atom stereocenters. The topological polar surface area (TPSA) is 111 Å². The SMILES string of the molecule is CCCC.O=C(Nc1cccn(C2CC2)c1=O)c1cc2cn(C34COC(CF)(C3)C4)nc2[nH]c1=O.[HH]. The Bertz CT molecular complexity index is 1390. The first kappa shape index (κ1) is 23.5. The number of halogens is 1. The molecule has 2 N–H and O–H groups in total. The summed E-state index contributed by atoms with van der Waals surface area (Å²) >= 11 is 0. The van der Waals surface area contributed by atoms with Crippen LogP contribution in [0.15, 0.2) is 40.2 Å². The predicted molar refractivity (Wildman–Crippen MR) is 132 cm³/mol. The van der Waals surface area contributed by atoms with E-state index >= 15 is 0 Å². The van der Waals surface area contributed by atoms with Gasteiger partial charge in [0, 0.05) is 38.1 Å². The predicted octanol–water partition coefficient (Wildman–Crippen LogP) is 3.75. The van der Waals surface area contributed by atoms with Crippen molar-refractivity contribution in [1.82, 2.24) is 19.3 Å². The summed E-state index contributed by atoms with van der Waals surface area (Å²) in [4.78, 5) is 40.5. The van der Waals surface area contributed by atoms with E-state index in [1.807, 2.05) is 0 Å². The Hall–Kier alpha value is -3.27. The van der Waals surface area contributed by atoms with Crippen LogP contribution in [0.3, 0.4) is 0 Å². The van der Waals surface area contributed by atoms with Gasteiger partial charge >= 0.3 is 0 Å². The van der Waals surface area contributed by atoms with Crippen LogP contribution in [0.5, 0.6) is 0 Å². The minimum absolute atomic E-state index is 0. The molecule has 0 radical (unpaired) electrons. The molecule has 2 saturated carbocycles. The molecule has 9 nitrogen and oxygen atoms in total. The number of nitrogens with one attached hydrogen (secondary N) is 2. The molecular formula is C25H32FN5O4. The van der Waals surface area contributed by atoms with E-state index in [1.54, 1.807) is 27.7 Å². The van der Waals surface area contributed by atoms with Crippen molar-refractivity contribution in [2.24, 2.45) is 0 Å². The van der Waals surface area contributed by atoms with Crippen molar-refractivity contribution in [2.45, 2.75) is 69.6 Å². The average molecular weight is 486 g/mol. The van der Waals surface area contributed by atoms with Crippen LogP contribution in [-0.4, -0.2) is 44.1 Å². The second-order valence-corrected chi connectivity index (χ2v) is 9.89. The number of fused-ring (bicyclic) bond motifs is 2. The van der Waals surface area contributed by atoms with E-state index in [1.165, 1.54) is 25.0 Å². The van der Waals surface area contributed by atoms with E-state index in [0.717, 1.165) is 12.8 Å². The summed E-state index contributed by atoms with van der Waals surface area (Å²) in [6.07, 6.45) is 9.02. The van der Waals surface area contributed by atoms with Crippen molar-refractivity contribution in [1.29, 1.82) is 0 Å². The molecule has 3 aromatic rings. The summed E-state index contributed by atoms with van der Waals surface area (Å²) in [5.74, 6) is -0.663. The zero-order valence-corrected chi connectivity index (χ0v) is 20.0. The van der Waals surface area contributed by atoms with Gasteiger partial charge < -0.3 is 19.6 Å². The minimum atomic E-state index is -0.709. The number of pyridine rings is 2. The summed E-state index contributed by atoms with van der Waals surface area (Å²) in [7, 11) is 0. The average Bonchev–Trinajstić information content (AvgIpc) is 3.32. The number of carbonyl (C=O) groups is 1. The number of carbonyl (C=O) groups excluding carboxylic acids is 1. The Morgan fingerprint density at radius 1 is 1.31 bits per heavy atom. The fourth-order valence-corrected chi connectivity index (χ4v) is 4.83. The minimum Gasteiger partial charge on any atom is -0.370 e. The highest BCUT2D eigenvalue weighted by Gasteiger charge is 2.64. The van der Waals surface area contributed by atoms with Gasteiger partial charge in [-0.1, -0.05) is 26.7 Å². The van der Waals surface area contributed by atoms with Gasteiger partial charge in [-0.15, -0.1) is 0 Å². The van der Waals surface area contributed by atoms with Crippen LogP contribution < -0.4 is 16.4 Å². The number of aromatic amines is 1. The fourth-order valence-electron chi connectivity index (χ4n) is 4.83. The number of amides is 1. The highest BCUT2D eigenvalue weighted by atomic mass is 19.1. The number of anilines is 1. The van der Waals surface area contributed by atoms with Gasteiger partial charge in [-0.25, -0.2) is 4.39 Å². The molecule has 1 amide bonds. The molecule has 5 heterocycles. The molecule has 2 saturated heterocycles. The van der Waals surface area contributed by atoms with Crippen LogP contribution in [0.25, 0.3) is 11.0 Å². The van der Waals surface area contributed by atoms with Crippen LogP contribution in [0, 0.1) is 0 Å². The summed E-state index contributed by atoms with van der Waals surface area (Å²) in [6.45, 7) is 4.20. The van der Waals surface area contributed by atoms with Crippen molar-refractivity contribution in [3.05, 3.63) is 56.9 Å². The van der Waals surface area contributed by atoms with Gasteiger partial charge in [0.1, 0.15) is 23.5 Å². The Kier molecular flexibility index (Phi) is 5.86. The number of aromatic nitrogens is 4. The lowest BCUT2D eigenvalue weighted by Gasteiger charge is -2.42. The molecule has 7 rings (SSSR count). The molecule has 4 aliphatic rings. The number of nitrogens with zero attached hydrogens (tertiary/aromatic N) is 3. The molecule has 10 heteroatoms. The maximum atomic E-state index is 13.2. The monoisotopic (exact) mass is 485 g/mol. The standard InChI is InChI=1S/C21H20FN5O4.C4H10.H2/c22-10-21-8-20(9-21,11-31-21)27-7-12-6-14(18(29)24-16(12)25-27)17(28)23-15-2-1-5-26(19(15)30)13-3-4-13;1-3-4-2;/h1-2,5-7,13H,3-4,8-11H2,(H,23,28)(H,24,25,29);3-4H2,1-2H3;1H. The molecule has 2 bridgehead atoms. The third-order valence-electron chi connectivity index (χ3n) is 7.11. The molecule has 0 aromatic carbocycles. The quantitative estimate of drug-likeness (QED) is 0.552. The lowest BCUT2D eigenvalue weighted by atomic mass is 9.69. The van der Waals surface area contributed by atoms with Gasteiger partial charge in [0.2, 0.25) is 0 Å². The van der Waals surface area contributed by atoms with Crippen LogP contribution >= 0.6 is 0 Å². The molecule has 4 fully saturated rings. The highest BCUT2D eigenvalue weighted by molar-refractivity contribution is 6.05. The third-order valence-corrected chi connectivity index (χ3v) is 7.11. The number of hydrogen-bond donors (Lipinski definition) is 2. The normalized spacial score (nSPS) is 24.5. The zero-order chi connectivity index (χ0) is 24.8. The molecular weight excluding hydrogens is 453 g/mol. The number of unbranched alkanes of at least 4 members (excludes halogenated alkanes) is 1. The first-order chi connectivity index (χ1) is 16.8. The molecule has 0 unspecified atom stereocenters. The number of rotatable bonds is 6. The maximum absolute atomic E-state index is 13.2. The lowest BCUT2D eigenvalue weighted by molar-refractivity contribution is -0.0336. The van der Waals surface area contributed by atoms with E-state index < -0.39 is 29.3 Å². The summed E-state index contributed by atoms with van der Waals surface area (Å²) in [5, 5.41) is 7.58. The van der Waals surface area contributed by atoms with E-state index in [0.29, 0.717) is 30.5 Å². The molecule has 3 aromatic heterocycles. The maximum Gasteiger partial charge on any atom is 0.274 e. The van der Waals surface area contributed by atoms with Crippen molar-refractivity contribution >= 4 is 22.6 Å². The second kappa shape index (κ2) is 8.75. The van der Waals surface area contributed by atoms with Gasteiger partial charge in [-0.2, -0.15) is 5.10 Å². The fraction of sp³-hybridized carbons (Fsp3) is 0.520. The van der Waals surface area contributed by atoms with E-state index in [4.69, 9.17) is 4.74 Å². The summed E-state index contributed by atoms with van der Waals surface area (Å²) in [5.41, 5.74) is -1.64. The second-order valence-electron chi connectivity index (χ2n) is 9.89. The Labute approximate surface area is 202 Å². The first-order valence-electron chi connectivity index (χ1n) is 12.2. The molecule has 2 aliphatic carbocycles. The molecule has 35 heavy (non-hydrogen) atoms. The number of hydrogen-bond acceptors (Lipinski definition) is 5. The molecule has 0 spiro atoms. The van der Waals surface area contributed by atoms with Gasteiger partial charge in [-0.3, -0.25) is 19.1 Å². The largest absolute Gasteiger partial charge is 0.370 e. The van der Waals surface area contributed by atoms with E-state index in [2.05, 4.69) is 29.2 Å². The van der Waals surface area contributed by atoms with E-state index in [9.17, 15) is 18.8 Å². The van der Waals surface area contributed by atoms with Gasteiger partial charge in [0.05, 0.1) is 12.1 Å². The lowest BCUT2D eigenvalue weighted by Crippen LogP contribution is -2.52. The number of ether oxygens (including phenoxy) is 1. The Morgan fingerprint density at radius 3 is 2.69 bits per heavy atom. The van der Waals surface area contributed by atoms with Crippen LogP contribution in [-0.2, 0) is 10.3 Å². The Morgan fingerprint density at radius 2 is 2.06 bits per heavy atom. The first-order valence-corrected chi connectivity index (χ1v) is 12.2. The van der Waals surface area contributed by atoms with Crippen molar-refractivity contribution in [3.8, 4) is 0 Å². The van der Waals surface area contributed by atoms with Gasteiger partial charge in [0.25, 0.3) is 17.0 Å². The van der Waals surface area contributed by atoms with Crippen LogP contribution in [0.1, 0.15) is 70.2 Å². The van der Waals surface area contributed by atoms with Crippen LogP contribution in [0.2, 0.25) is 0 Å². The molecule has 188 valence electrons. The van der Waals surface area contributed by atoms with Crippen molar-refractivity contribution in [2.75, 3.05) is 18.6 Å². The molecule has 2 aliphatic heterocycles. The van der Waals surface area contributed by atoms with Crippen molar-refractivity contribution in [3.63, 3.8) is 0 Å². The van der Waals surface area contributed by atoms with Gasteiger partial charge in [-0.05, 0) is 31.0 Å². The number of H-pyrrole nitrogens is 1. The third kappa shape index (κ3) is 4.09. The van der Waals surface area contributed by atoms with Gasteiger partial charge in [0.15, 0.2) is 5.65 Å². The summed E-state index contributed by atoms with van der Waals surface area (Å²) < 4.78 is 22.1. The smallest absolute Gasteiger partial charge is 0.274 e.